The maximum absolute atomic E-state index is 2.40. The Morgan fingerprint density at radius 1 is 0.194 bits per heavy atom. The van der Waals surface area contributed by atoms with Crippen molar-refractivity contribution >= 4 is 34.1 Å². The van der Waals surface area contributed by atoms with Crippen LogP contribution in [0, 0.1) is 0 Å². The maximum Gasteiger partial charge on any atom is 0.0473 e. The van der Waals surface area contributed by atoms with Gasteiger partial charge in [-0.3, -0.25) is 0 Å². The van der Waals surface area contributed by atoms with E-state index in [0.717, 1.165) is 34.1 Å². The molecule has 0 aliphatic carbocycles. The summed E-state index contributed by atoms with van der Waals surface area (Å²) in [6.07, 6.45) is 0. The Kier molecular flexibility index (Phi) is 13.5. The Balaban J connectivity index is 1.19. The molecule has 9 aromatic rings. The minimum Gasteiger partial charge on any atom is -0.310 e. The summed E-state index contributed by atoms with van der Waals surface area (Å²) in [7, 11) is 0. The van der Waals surface area contributed by atoms with Crippen LogP contribution in [0.2, 0.25) is 0 Å². The first-order valence-electron chi connectivity index (χ1n) is 25.7. The molecule has 0 bridgehead atoms. The molecule has 0 heterocycles. The van der Waals surface area contributed by atoms with E-state index >= 15 is 0 Å². The molecule has 0 N–H and O–H groups in total. The molecule has 9 rings (SSSR count). The topological polar surface area (TPSA) is 6.48 Å². The monoisotopic (exact) mass is 941 g/mol. The average Bonchev–Trinajstić information content (AvgIpc) is 3.36. The van der Waals surface area contributed by atoms with Gasteiger partial charge in [0.1, 0.15) is 0 Å². The van der Waals surface area contributed by atoms with Crippen molar-refractivity contribution in [1.29, 1.82) is 0 Å². The zero-order valence-corrected chi connectivity index (χ0v) is 44.7. The molecule has 0 amide bonds. The summed E-state index contributed by atoms with van der Waals surface area (Å²) >= 11 is 0. The Bertz CT molecular complexity index is 2870. The number of hydrogen-bond donors (Lipinski definition) is 0. The first-order chi connectivity index (χ1) is 34.2. The van der Waals surface area contributed by atoms with Crippen LogP contribution in [0.3, 0.4) is 0 Å². The van der Waals surface area contributed by atoms with Gasteiger partial charge in [0.25, 0.3) is 0 Å². The zero-order chi connectivity index (χ0) is 51.0. The largest absolute Gasteiger partial charge is 0.310 e. The van der Waals surface area contributed by atoms with Crippen LogP contribution in [0.15, 0.2) is 218 Å². The van der Waals surface area contributed by atoms with Crippen LogP contribution in [0.25, 0.3) is 44.5 Å². The molecule has 0 fully saturated rings. The lowest BCUT2D eigenvalue weighted by molar-refractivity contribution is 0.590. The second kappa shape index (κ2) is 19.6. The van der Waals surface area contributed by atoms with Gasteiger partial charge >= 0.3 is 0 Å². The van der Waals surface area contributed by atoms with E-state index in [1.165, 1.54) is 66.8 Å². The van der Waals surface area contributed by atoms with E-state index in [0.29, 0.717) is 0 Å². The highest BCUT2D eigenvalue weighted by Crippen LogP contribution is 2.44. The van der Waals surface area contributed by atoms with Gasteiger partial charge in [-0.25, -0.2) is 0 Å². The van der Waals surface area contributed by atoms with Crippen LogP contribution < -0.4 is 9.80 Å². The molecule has 72 heavy (non-hydrogen) atoms. The van der Waals surface area contributed by atoms with E-state index in [4.69, 9.17) is 0 Å². The Morgan fingerprint density at radius 2 is 0.403 bits per heavy atom. The first-order valence-corrected chi connectivity index (χ1v) is 25.7. The molecular weight excluding hydrogens is 869 g/mol. The Labute approximate surface area is 431 Å². The van der Waals surface area contributed by atoms with Crippen molar-refractivity contribution in [2.45, 2.75) is 105 Å². The lowest BCUT2D eigenvalue weighted by atomic mass is 9.85. The van der Waals surface area contributed by atoms with Crippen LogP contribution >= 0.6 is 0 Å². The predicted octanol–water partition coefficient (Wildman–Crippen LogP) is 20.5. The number of hydrogen-bond acceptors (Lipinski definition) is 2. The van der Waals surface area contributed by atoms with Gasteiger partial charge in [-0.1, -0.05) is 217 Å². The summed E-state index contributed by atoms with van der Waals surface area (Å²) in [6, 6.07) is 81.4. The molecule has 2 nitrogen and oxygen atoms in total. The summed E-state index contributed by atoms with van der Waals surface area (Å²) < 4.78 is 0. The van der Waals surface area contributed by atoms with Gasteiger partial charge in [-0.2, -0.15) is 0 Å². The van der Waals surface area contributed by atoms with Gasteiger partial charge in [0.15, 0.2) is 0 Å². The van der Waals surface area contributed by atoms with Crippen molar-refractivity contribution in [2.75, 3.05) is 9.80 Å². The third-order valence-electron chi connectivity index (χ3n) is 14.1. The molecule has 0 radical (unpaired) electrons. The number of nitrogens with zero attached hydrogens (tertiary/aromatic N) is 2. The van der Waals surface area contributed by atoms with Gasteiger partial charge in [-0.15, -0.1) is 0 Å². The van der Waals surface area contributed by atoms with Crippen molar-refractivity contribution in [1.82, 2.24) is 0 Å². The fourth-order valence-electron chi connectivity index (χ4n) is 9.60. The molecule has 0 saturated carbocycles. The second-order valence-electron chi connectivity index (χ2n) is 23.7. The second-order valence-corrected chi connectivity index (χ2v) is 23.7. The molecule has 2 heteroatoms. The fraction of sp³-hybridized carbons (Fsp3) is 0.229. The normalized spacial score (nSPS) is 12.2. The molecule has 0 aromatic heterocycles. The lowest BCUT2D eigenvalue weighted by Gasteiger charge is -2.29. The molecule has 0 saturated heterocycles. The van der Waals surface area contributed by atoms with Crippen LogP contribution in [0.5, 0.6) is 0 Å². The predicted molar refractivity (Wildman–Crippen MR) is 312 cm³/mol. The van der Waals surface area contributed by atoms with E-state index in [1.807, 2.05) is 0 Å². The molecular formula is C70H72N2. The smallest absolute Gasteiger partial charge is 0.0473 e. The number of para-hydroxylation sites is 2. The standard InChI is InChI=1S/C70H72N2/c1-67(2,3)57-31-23-49(24-32-57)53-43-54(50-25-33-58(34-26-50)68(4,5)6)46-65(45-53)71(61-19-15-13-16-20-61)63-39-41-64(42-40-63)72(62-21-17-14-18-22-62)66-47-55(51-27-35-59(36-28-51)69(7,8)9)44-56(48-66)52-29-37-60(38-30-52)70(10,11)12/h13-48H,1-12H3. The van der Waals surface area contributed by atoms with Gasteiger partial charge in [0, 0.05) is 34.1 Å². The molecule has 362 valence electrons. The van der Waals surface area contributed by atoms with Crippen molar-refractivity contribution in [3.63, 3.8) is 0 Å². The summed E-state index contributed by atoms with van der Waals surface area (Å²) in [6.45, 7) is 27.3. The summed E-state index contributed by atoms with van der Waals surface area (Å²) in [5, 5.41) is 0. The highest BCUT2D eigenvalue weighted by atomic mass is 15.2. The maximum atomic E-state index is 2.40. The van der Waals surface area contributed by atoms with Crippen LogP contribution in [0.4, 0.5) is 34.1 Å². The van der Waals surface area contributed by atoms with Crippen LogP contribution in [0.1, 0.15) is 105 Å². The minimum atomic E-state index is 0.0640. The molecule has 0 aliphatic heterocycles. The van der Waals surface area contributed by atoms with Gasteiger partial charge in [0.2, 0.25) is 0 Å². The summed E-state index contributed by atoms with van der Waals surface area (Å²) in [5.41, 5.74) is 21.5. The molecule has 0 aliphatic rings. The highest BCUT2D eigenvalue weighted by molar-refractivity contribution is 5.88. The number of benzene rings is 9. The third-order valence-corrected chi connectivity index (χ3v) is 14.1. The van der Waals surface area contributed by atoms with Gasteiger partial charge in [0.05, 0.1) is 0 Å². The molecule has 0 atom stereocenters. The van der Waals surface area contributed by atoms with E-state index in [-0.39, 0.29) is 21.7 Å². The van der Waals surface area contributed by atoms with E-state index in [1.54, 1.807) is 0 Å². The zero-order valence-electron chi connectivity index (χ0n) is 44.7. The molecule has 9 aromatic carbocycles. The Morgan fingerprint density at radius 3 is 0.611 bits per heavy atom. The third kappa shape index (κ3) is 11.0. The van der Waals surface area contributed by atoms with Crippen molar-refractivity contribution in [2.24, 2.45) is 0 Å². The number of anilines is 6. The van der Waals surface area contributed by atoms with Gasteiger partial charge < -0.3 is 9.80 Å². The minimum absolute atomic E-state index is 0.0640. The van der Waals surface area contributed by atoms with E-state index in [9.17, 15) is 0 Å². The lowest BCUT2D eigenvalue weighted by Crippen LogP contribution is -2.13. The average molecular weight is 941 g/mol. The molecule has 0 spiro atoms. The fourth-order valence-corrected chi connectivity index (χ4v) is 9.60. The highest BCUT2D eigenvalue weighted by Gasteiger charge is 2.22. The van der Waals surface area contributed by atoms with Crippen molar-refractivity contribution < 1.29 is 0 Å². The summed E-state index contributed by atoms with van der Waals surface area (Å²) in [5.74, 6) is 0. The Hall–Kier alpha value is -7.42. The first kappa shape index (κ1) is 49.6. The van der Waals surface area contributed by atoms with Gasteiger partial charge in [-0.05, 0) is 173 Å². The van der Waals surface area contributed by atoms with Crippen LogP contribution in [-0.2, 0) is 21.7 Å². The van der Waals surface area contributed by atoms with Crippen molar-refractivity contribution in [3.05, 3.63) is 241 Å². The van der Waals surface area contributed by atoms with Crippen LogP contribution in [-0.4, -0.2) is 0 Å². The SMILES string of the molecule is CC(C)(C)c1ccc(-c2cc(-c3ccc(C(C)(C)C)cc3)cc(N(c3ccccc3)c3ccc(N(c4ccccc4)c4cc(-c5ccc(C(C)(C)C)cc5)cc(-c5ccc(C(C)(C)C)cc5)c4)cc3)c2)cc1. The summed E-state index contributed by atoms with van der Waals surface area (Å²) in [4.78, 5) is 4.80. The number of rotatable bonds is 10. The van der Waals surface area contributed by atoms with E-state index in [2.05, 4.69) is 311 Å². The van der Waals surface area contributed by atoms with E-state index < -0.39 is 0 Å². The molecule has 0 unspecified atom stereocenters. The quantitative estimate of drug-likeness (QED) is 0.135. The van der Waals surface area contributed by atoms with Crippen molar-refractivity contribution in [3.8, 4) is 44.5 Å².